The van der Waals surface area contributed by atoms with Crippen LogP contribution in [0.1, 0.15) is 93.8 Å². The van der Waals surface area contributed by atoms with Crippen molar-refractivity contribution in [3.8, 4) is 11.5 Å². The van der Waals surface area contributed by atoms with E-state index in [0.29, 0.717) is 17.9 Å². The number of aryl methyl sites for hydroxylation is 2. The summed E-state index contributed by atoms with van der Waals surface area (Å²) in [6, 6.07) is 6.29. The quantitative estimate of drug-likeness (QED) is 0.607. The van der Waals surface area contributed by atoms with Gasteiger partial charge in [0.05, 0.1) is 0 Å². The first-order valence-corrected chi connectivity index (χ1v) is 10.5. The molecule has 0 saturated carbocycles. The second-order valence-corrected chi connectivity index (χ2v) is 10.2. The minimum absolute atomic E-state index is 0.135. The van der Waals surface area contributed by atoms with Crippen LogP contribution in [-0.2, 0) is 23.7 Å². The van der Waals surface area contributed by atoms with Gasteiger partial charge >= 0.3 is 0 Å². The van der Waals surface area contributed by atoms with Gasteiger partial charge < -0.3 is 10.2 Å². The van der Waals surface area contributed by atoms with E-state index in [2.05, 4.69) is 67.5 Å². The number of phenolic OH excluding ortho intramolecular Hbond substituents is 2. The zero-order chi connectivity index (χ0) is 21.4. The minimum atomic E-state index is -0.140. The normalized spacial score (nSPS) is 12.5. The Hall–Kier alpha value is -1.96. The van der Waals surface area contributed by atoms with E-state index in [-0.39, 0.29) is 10.8 Å². The Bertz CT molecular complexity index is 862. The van der Waals surface area contributed by atoms with Crippen molar-refractivity contribution in [1.82, 2.24) is 0 Å². The number of benzene rings is 2. The molecule has 2 nitrogen and oxygen atoms in total. The van der Waals surface area contributed by atoms with Crippen LogP contribution in [0, 0.1) is 13.8 Å². The molecule has 0 fully saturated rings. The van der Waals surface area contributed by atoms with Gasteiger partial charge in [0, 0.05) is 17.5 Å². The van der Waals surface area contributed by atoms with Crippen molar-refractivity contribution in [3.05, 3.63) is 57.1 Å². The summed E-state index contributed by atoms with van der Waals surface area (Å²) in [4.78, 5) is 0. The van der Waals surface area contributed by atoms with E-state index < -0.39 is 0 Å². The summed E-state index contributed by atoms with van der Waals surface area (Å²) in [5.41, 5.74) is 7.02. The summed E-state index contributed by atoms with van der Waals surface area (Å²) in [7, 11) is 0. The number of aromatic hydroxyl groups is 2. The smallest absolute Gasteiger partial charge is 0.123 e. The molecule has 0 saturated heterocycles. The summed E-state index contributed by atoms with van der Waals surface area (Å²) in [6.07, 6.45) is 2.60. The van der Waals surface area contributed by atoms with Gasteiger partial charge in [-0.25, -0.2) is 0 Å². The van der Waals surface area contributed by atoms with Gasteiger partial charge in [-0.15, -0.1) is 0 Å². The van der Waals surface area contributed by atoms with Gasteiger partial charge in [0.1, 0.15) is 11.5 Å². The predicted molar refractivity (Wildman–Crippen MR) is 120 cm³/mol. The molecule has 154 valence electrons. The summed E-state index contributed by atoms with van der Waals surface area (Å²) in [6.45, 7) is 19.1. The fraction of sp³-hybridized carbons (Fsp3) is 0.538. The Kier molecular flexibility index (Phi) is 6.23. The Labute approximate surface area is 171 Å². The molecule has 0 unspecified atom stereocenters. The van der Waals surface area contributed by atoms with E-state index >= 15 is 0 Å². The van der Waals surface area contributed by atoms with Crippen LogP contribution in [0.4, 0.5) is 0 Å². The van der Waals surface area contributed by atoms with Crippen molar-refractivity contribution >= 4 is 0 Å². The van der Waals surface area contributed by atoms with Gasteiger partial charge in [-0.3, -0.25) is 0 Å². The SMILES string of the molecule is CCCc1cc(C(C)(C)C)c(O)c(Cc2c(C)ccc(C(C)(C)C)c2O)c1C. The van der Waals surface area contributed by atoms with Crippen molar-refractivity contribution in [1.29, 1.82) is 0 Å². The van der Waals surface area contributed by atoms with Crippen LogP contribution in [0.3, 0.4) is 0 Å². The van der Waals surface area contributed by atoms with Crippen molar-refractivity contribution < 1.29 is 10.2 Å². The molecule has 2 heteroatoms. The first-order valence-electron chi connectivity index (χ1n) is 10.5. The maximum atomic E-state index is 11.2. The summed E-state index contributed by atoms with van der Waals surface area (Å²) < 4.78 is 0. The molecule has 2 aromatic rings. The predicted octanol–water partition coefficient (Wildman–Crippen LogP) is 6.85. The highest BCUT2D eigenvalue weighted by Gasteiger charge is 2.26. The Morgan fingerprint density at radius 2 is 1.32 bits per heavy atom. The summed E-state index contributed by atoms with van der Waals surface area (Å²) >= 11 is 0. The molecule has 0 aromatic heterocycles. The van der Waals surface area contributed by atoms with E-state index in [1.807, 2.05) is 13.0 Å². The molecule has 0 amide bonds. The highest BCUT2D eigenvalue weighted by atomic mass is 16.3. The second kappa shape index (κ2) is 7.81. The van der Waals surface area contributed by atoms with E-state index in [4.69, 9.17) is 0 Å². The number of hydrogen-bond donors (Lipinski definition) is 2. The van der Waals surface area contributed by atoms with Gasteiger partial charge in [0.2, 0.25) is 0 Å². The Morgan fingerprint density at radius 3 is 1.82 bits per heavy atom. The molecule has 0 aliphatic heterocycles. The lowest BCUT2D eigenvalue weighted by atomic mass is 9.79. The minimum Gasteiger partial charge on any atom is -0.507 e. The third kappa shape index (κ3) is 4.37. The van der Waals surface area contributed by atoms with Crippen LogP contribution < -0.4 is 0 Å². The van der Waals surface area contributed by atoms with Crippen molar-refractivity contribution in [2.24, 2.45) is 0 Å². The van der Waals surface area contributed by atoms with Crippen LogP contribution in [-0.4, -0.2) is 10.2 Å². The average molecular weight is 383 g/mol. The monoisotopic (exact) mass is 382 g/mol. The van der Waals surface area contributed by atoms with E-state index in [0.717, 1.165) is 46.2 Å². The maximum absolute atomic E-state index is 11.2. The molecule has 0 aliphatic carbocycles. The molecule has 0 atom stereocenters. The maximum Gasteiger partial charge on any atom is 0.123 e. The lowest BCUT2D eigenvalue weighted by molar-refractivity contribution is 0.434. The van der Waals surface area contributed by atoms with Crippen LogP contribution >= 0.6 is 0 Å². The van der Waals surface area contributed by atoms with Crippen molar-refractivity contribution in [3.63, 3.8) is 0 Å². The van der Waals surface area contributed by atoms with Gasteiger partial charge in [-0.05, 0) is 58.9 Å². The molecular formula is C26H38O2. The molecular weight excluding hydrogens is 344 g/mol. The zero-order valence-electron chi connectivity index (χ0n) is 19.2. The molecule has 0 bridgehead atoms. The van der Waals surface area contributed by atoms with E-state index in [1.165, 1.54) is 5.56 Å². The molecule has 0 aliphatic rings. The van der Waals surface area contributed by atoms with Gasteiger partial charge in [0.15, 0.2) is 0 Å². The molecule has 2 aromatic carbocycles. The largest absolute Gasteiger partial charge is 0.507 e. The van der Waals surface area contributed by atoms with Crippen LogP contribution in [0.5, 0.6) is 11.5 Å². The topological polar surface area (TPSA) is 40.5 Å². The summed E-state index contributed by atoms with van der Waals surface area (Å²) in [5.74, 6) is 0.745. The standard InChI is InChI=1S/C26H38O2/c1-10-11-18-14-22(26(7,8)9)24(28)20(17(18)3)15-19-16(2)12-13-21(23(19)27)25(4,5)6/h12-14,27-28H,10-11,15H2,1-9H3. The molecule has 0 spiro atoms. The van der Waals surface area contributed by atoms with Crippen LogP contribution in [0.15, 0.2) is 18.2 Å². The number of phenols is 2. The third-order valence-corrected chi connectivity index (χ3v) is 5.80. The average Bonchev–Trinajstić information content (AvgIpc) is 2.54. The van der Waals surface area contributed by atoms with E-state index in [1.54, 1.807) is 0 Å². The number of rotatable bonds is 4. The first-order chi connectivity index (χ1) is 12.8. The Balaban J connectivity index is 2.72. The fourth-order valence-electron chi connectivity index (χ4n) is 3.94. The fourth-order valence-corrected chi connectivity index (χ4v) is 3.94. The van der Waals surface area contributed by atoms with Crippen molar-refractivity contribution in [2.45, 2.75) is 92.4 Å². The highest BCUT2D eigenvalue weighted by Crippen LogP contribution is 2.41. The van der Waals surface area contributed by atoms with Gasteiger partial charge in [0.25, 0.3) is 0 Å². The van der Waals surface area contributed by atoms with Gasteiger partial charge in [-0.1, -0.05) is 73.1 Å². The lowest BCUT2D eigenvalue weighted by Crippen LogP contribution is -2.15. The van der Waals surface area contributed by atoms with Crippen LogP contribution in [0.2, 0.25) is 0 Å². The molecule has 0 heterocycles. The van der Waals surface area contributed by atoms with Gasteiger partial charge in [-0.2, -0.15) is 0 Å². The first kappa shape index (κ1) is 22.3. The summed E-state index contributed by atoms with van der Waals surface area (Å²) in [5, 5.41) is 22.3. The highest BCUT2D eigenvalue weighted by molar-refractivity contribution is 5.57. The molecule has 2 rings (SSSR count). The third-order valence-electron chi connectivity index (χ3n) is 5.80. The second-order valence-electron chi connectivity index (χ2n) is 10.2. The molecule has 0 radical (unpaired) electrons. The molecule has 28 heavy (non-hydrogen) atoms. The van der Waals surface area contributed by atoms with E-state index in [9.17, 15) is 10.2 Å². The zero-order valence-corrected chi connectivity index (χ0v) is 19.2. The van der Waals surface area contributed by atoms with Crippen molar-refractivity contribution in [2.75, 3.05) is 0 Å². The lowest BCUT2D eigenvalue weighted by Gasteiger charge is -2.27. The van der Waals surface area contributed by atoms with Crippen LogP contribution in [0.25, 0.3) is 0 Å². The number of hydrogen-bond acceptors (Lipinski definition) is 2. The molecule has 2 N–H and O–H groups in total. The Morgan fingerprint density at radius 1 is 0.786 bits per heavy atom.